The van der Waals surface area contributed by atoms with Crippen LogP contribution in [0.15, 0.2) is 54.1 Å². The van der Waals surface area contributed by atoms with E-state index in [1.807, 2.05) is 0 Å². The van der Waals surface area contributed by atoms with Crippen LogP contribution in [0.4, 0.5) is 4.39 Å². The van der Waals surface area contributed by atoms with Crippen LogP contribution < -0.4 is 4.74 Å². The third-order valence-corrected chi connectivity index (χ3v) is 5.83. The molecule has 0 aliphatic carbocycles. The second-order valence-electron chi connectivity index (χ2n) is 7.73. The molecular formula is C24H25FN2O5. The molecule has 2 heterocycles. The van der Waals surface area contributed by atoms with Crippen molar-refractivity contribution in [3.63, 3.8) is 0 Å². The van der Waals surface area contributed by atoms with Gasteiger partial charge in [-0.15, -0.1) is 0 Å². The third-order valence-electron chi connectivity index (χ3n) is 5.83. The van der Waals surface area contributed by atoms with Crippen LogP contribution in [0.1, 0.15) is 17.2 Å². The number of likely N-dealkylation sites (tertiary alicyclic amines) is 1. The maximum absolute atomic E-state index is 14.1. The highest BCUT2D eigenvalue weighted by Crippen LogP contribution is 2.39. The Morgan fingerprint density at radius 3 is 2.50 bits per heavy atom. The average molecular weight is 440 g/mol. The zero-order valence-corrected chi connectivity index (χ0v) is 17.8. The molecule has 2 saturated heterocycles. The fourth-order valence-electron chi connectivity index (χ4n) is 4.11. The molecule has 2 aliphatic heterocycles. The van der Waals surface area contributed by atoms with Gasteiger partial charge in [0.15, 0.2) is 0 Å². The molecule has 7 nitrogen and oxygen atoms in total. The summed E-state index contributed by atoms with van der Waals surface area (Å²) in [5, 5.41) is 11.0. The first-order chi connectivity index (χ1) is 15.5. The Kier molecular flexibility index (Phi) is 6.53. The molecule has 168 valence electrons. The van der Waals surface area contributed by atoms with Gasteiger partial charge in [0.05, 0.1) is 31.9 Å². The van der Waals surface area contributed by atoms with Gasteiger partial charge < -0.3 is 19.5 Å². The van der Waals surface area contributed by atoms with Crippen molar-refractivity contribution in [3.05, 3.63) is 71.0 Å². The minimum absolute atomic E-state index is 0.0484. The Morgan fingerprint density at radius 2 is 1.84 bits per heavy atom. The van der Waals surface area contributed by atoms with E-state index in [1.165, 1.54) is 30.2 Å². The first kappa shape index (κ1) is 22.0. The van der Waals surface area contributed by atoms with Gasteiger partial charge in [0.25, 0.3) is 11.7 Å². The Labute approximate surface area is 185 Å². The predicted molar refractivity (Wildman–Crippen MR) is 116 cm³/mol. The van der Waals surface area contributed by atoms with Gasteiger partial charge >= 0.3 is 0 Å². The predicted octanol–water partition coefficient (Wildman–Crippen LogP) is 2.59. The summed E-state index contributed by atoms with van der Waals surface area (Å²) >= 11 is 0. The number of amides is 1. The van der Waals surface area contributed by atoms with Crippen molar-refractivity contribution in [2.75, 3.05) is 46.5 Å². The summed E-state index contributed by atoms with van der Waals surface area (Å²) in [6, 6.07) is 11.4. The normalized spacial score (nSPS) is 21.2. The molecular weight excluding hydrogens is 415 g/mol. The lowest BCUT2D eigenvalue weighted by atomic mass is 9.95. The largest absolute Gasteiger partial charge is 0.507 e. The van der Waals surface area contributed by atoms with Gasteiger partial charge in [-0.05, 0) is 42.0 Å². The lowest BCUT2D eigenvalue weighted by Crippen LogP contribution is -2.42. The highest BCUT2D eigenvalue weighted by molar-refractivity contribution is 6.46. The standard InChI is InChI=1S/C24H25FN2O5/c1-31-19-7-5-16(6-8-19)22(28)20-21(17-3-2-4-18(25)15-17)27(24(30)23(20)29)10-9-26-11-13-32-14-12-26/h2-8,15,21,28H,9-14H2,1H3/b22-20+/t21-/m0/s1. The minimum atomic E-state index is -0.881. The number of morpholine rings is 1. The Morgan fingerprint density at radius 1 is 1.12 bits per heavy atom. The van der Waals surface area contributed by atoms with Crippen LogP contribution in [0.2, 0.25) is 0 Å². The van der Waals surface area contributed by atoms with E-state index in [0.29, 0.717) is 36.6 Å². The van der Waals surface area contributed by atoms with Crippen LogP contribution >= 0.6 is 0 Å². The highest BCUT2D eigenvalue weighted by atomic mass is 19.1. The van der Waals surface area contributed by atoms with Gasteiger partial charge in [0, 0.05) is 31.7 Å². The van der Waals surface area contributed by atoms with Crippen LogP contribution in [0.5, 0.6) is 5.75 Å². The van der Waals surface area contributed by atoms with Gasteiger partial charge in [-0.25, -0.2) is 4.39 Å². The number of hydrogen-bond acceptors (Lipinski definition) is 6. The quantitative estimate of drug-likeness (QED) is 0.423. The number of aliphatic hydroxyl groups excluding tert-OH is 1. The van der Waals surface area contributed by atoms with E-state index >= 15 is 0 Å². The number of nitrogens with zero attached hydrogens (tertiary/aromatic N) is 2. The number of benzene rings is 2. The number of ether oxygens (including phenoxy) is 2. The number of carbonyl (C=O) groups excluding carboxylic acids is 2. The van der Waals surface area contributed by atoms with Crippen LogP contribution in [0.25, 0.3) is 5.76 Å². The number of carbonyl (C=O) groups is 2. The van der Waals surface area contributed by atoms with Crippen molar-refractivity contribution >= 4 is 17.4 Å². The fourth-order valence-corrected chi connectivity index (χ4v) is 4.11. The summed E-state index contributed by atoms with van der Waals surface area (Å²) < 4.78 is 24.6. The molecule has 0 spiro atoms. The van der Waals surface area contributed by atoms with Gasteiger partial charge in [0.1, 0.15) is 17.3 Å². The van der Waals surface area contributed by atoms with Crippen LogP contribution in [-0.4, -0.2) is 73.1 Å². The van der Waals surface area contributed by atoms with Gasteiger partial charge in [-0.3, -0.25) is 14.5 Å². The molecule has 1 N–H and O–H groups in total. The molecule has 32 heavy (non-hydrogen) atoms. The number of halogens is 1. The number of aliphatic hydroxyl groups is 1. The lowest BCUT2D eigenvalue weighted by Gasteiger charge is -2.31. The van der Waals surface area contributed by atoms with Crippen molar-refractivity contribution in [1.29, 1.82) is 0 Å². The first-order valence-corrected chi connectivity index (χ1v) is 10.5. The topological polar surface area (TPSA) is 79.3 Å². The van der Waals surface area contributed by atoms with E-state index in [-0.39, 0.29) is 17.9 Å². The van der Waals surface area contributed by atoms with Crippen molar-refractivity contribution in [3.8, 4) is 5.75 Å². The number of Topliss-reactive ketones (excluding diaryl/α,β-unsaturated/α-hetero) is 1. The molecule has 8 heteroatoms. The monoisotopic (exact) mass is 440 g/mol. The van der Waals surface area contributed by atoms with Gasteiger partial charge in [0.2, 0.25) is 0 Å². The number of methoxy groups -OCH3 is 1. The second kappa shape index (κ2) is 9.50. The second-order valence-corrected chi connectivity index (χ2v) is 7.73. The molecule has 1 amide bonds. The van der Waals surface area contributed by atoms with Gasteiger partial charge in [-0.2, -0.15) is 0 Å². The molecule has 0 saturated carbocycles. The molecule has 0 aromatic heterocycles. The molecule has 2 fully saturated rings. The maximum atomic E-state index is 14.1. The van der Waals surface area contributed by atoms with Crippen molar-refractivity contribution in [1.82, 2.24) is 9.80 Å². The van der Waals surface area contributed by atoms with Crippen LogP contribution in [-0.2, 0) is 14.3 Å². The first-order valence-electron chi connectivity index (χ1n) is 10.5. The molecule has 2 aliphatic rings. The fraction of sp³-hybridized carbons (Fsp3) is 0.333. The Balaban J connectivity index is 1.73. The number of rotatable bonds is 6. The zero-order valence-electron chi connectivity index (χ0n) is 17.8. The molecule has 0 radical (unpaired) electrons. The molecule has 2 aromatic carbocycles. The molecule has 0 unspecified atom stereocenters. The summed E-state index contributed by atoms with van der Waals surface area (Å²) in [7, 11) is 1.53. The minimum Gasteiger partial charge on any atom is -0.507 e. The highest BCUT2D eigenvalue weighted by Gasteiger charge is 2.46. The third kappa shape index (κ3) is 4.37. The van der Waals surface area contributed by atoms with Crippen molar-refractivity contribution in [2.45, 2.75) is 6.04 Å². The van der Waals surface area contributed by atoms with Gasteiger partial charge in [-0.1, -0.05) is 12.1 Å². The zero-order chi connectivity index (χ0) is 22.7. The maximum Gasteiger partial charge on any atom is 0.295 e. The number of hydrogen-bond donors (Lipinski definition) is 1. The molecule has 0 bridgehead atoms. The average Bonchev–Trinajstić information content (AvgIpc) is 3.08. The van der Waals surface area contributed by atoms with Crippen LogP contribution in [0.3, 0.4) is 0 Å². The molecule has 2 aromatic rings. The summed E-state index contributed by atoms with van der Waals surface area (Å²) in [5.41, 5.74) is 0.757. The van der Waals surface area contributed by atoms with E-state index < -0.39 is 23.5 Å². The Hall–Kier alpha value is -3.23. The van der Waals surface area contributed by atoms with E-state index in [9.17, 15) is 19.1 Å². The summed E-state index contributed by atoms with van der Waals surface area (Å²) in [4.78, 5) is 29.5. The van der Waals surface area contributed by atoms with E-state index in [0.717, 1.165) is 13.1 Å². The smallest absolute Gasteiger partial charge is 0.295 e. The Bertz CT molecular complexity index is 1030. The summed E-state index contributed by atoms with van der Waals surface area (Å²) in [6.45, 7) is 3.52. The SMILES string of the molecule is COc1ccc(/C(O)=C2\C(=O)C(=O)N(CCN3CCOCC3)[C@H]2c2cccc(F)c2)cc1. The molecule has 4 rings (SSSR count). The van der Waals surface area contributed by atoms with Crippen molar-refractivity contribution in [2.24, 2.45) is 0 Å². The van der Waals surface area contributed by atoms with E-state index in [2.05, 4.69) is 4.90 Å². The van der Waals surface area contributed by atoms with Crippen molar-refractivity contribution < 1.29 is 28.6 Å². The molecule has 1 atom stereocenters. The number of ketones is 1. The summed E-state index contributed by atoms with van der Waals surface area (Å²) in [6.07, 6.45) is 0. The van der Waals surface area contributed by atoms with Crippen LogP contribution in [0, 0.1) is 5.82 Å². The van der Waals surface area contributed by atoms with E-state index in [4.69, 9.17) is 9.47 Å². The van der Waals surface area contributed by atoms with E-state index in [1.54, 1.807) is 30.3 Å². The summed E-state index contributed by atoms with van der Waals surface area (Å²) in [5.74, 6) is -1.67. The lowest BCUT2D eigenvalue weighted by molar-refractivity contribution is -0.140.